The normalized spacial score (nSPS) is 16.1. The smallest absolute Gasteiger partial charge is 0.0442 e. The van der Waals surface area contributed by atoms with Crippen molar-refractivity contribution in [1.82, 2.24) is 0 Å². The third kappa shape index (κ3) is 4.43. The number of hydrogen-bond donors (Lipinski definition) is 1. The number of halogens is 2. The van der Waals surface area contributed by atoms with Crippen LogP contribution in [0.3, 0.4) is 0 Å². The van der Waals surface area contributed by atoms with Gasteiger partial charge in [0, 0.05) is 38.2 Å². The monoisotopic (exact) mass is 378 g/mol. The number of aliphatic hydroxyl groups excluding tert-OH is 1. The fourth-order valence-electron chi connectivity index (χ4n) is 2.95. The first kappa shape index (κ1) is 21.7. The van der Waals surface area contributed by atoms with E-state index in [1.54, 1.807) is 0 Å². The van der Waals surface area contributed by atoms with Gasteiger partial charge in [-0.1, -0.05) is 54.5 Å². The Morgan fingerprint density at radius 1 is 1.05 bits per heavy atom. The fourth-order valence-corrected chi connectivity index (χ4v) is 2.95. The van der Waals surface area contributed by atoms with Gasteiger partial charge in [0.15, 0.2) is 0 Å². The van der Waals surface area contributed by atoms with E-state index in [1.165, 1.54) is 11.1 Å². The maximum atomic E-state index is 9.36. The zero-order valence-electron chi connectivity index (χ0n) is 11.3. The average molecular weight is 380 g/mol. The van der Waals surface area contributed by atoms with Gasteiger partial charge < -0.3 is 5.11 Å². The van der Waals surface area contributed by atoms with E-state index in [-0.39, 0.29) is 63.0 Å². The quantitative estimate of drug-likeness (QED) is 0.751. The van der Waals surface area contributed by atoms with Crippen LogP contribution in [0.5, 0.6) is 0 Å². The van der Waals surface area contributed by atoms with Crippen molar-refractivity contribution in [2.75, 3.05) is 6.61 Å². The molecule has 19 heavy (non-hydrogen) atoms. The molecule has 0 radical (unpaired) electrons. The molecule has 0 spiro atoms. The first-order valence-electron chi connectivity index (χ1n) is 6.16. The summed E-state index contributed by atoms with van der Waals surface area (Å²) in [5.74, 6) is 0. The summed E-state index contributed by atoms with van der Waals surface area (Å²) in [7, 11) is 0. The summed E-state index contributed by atoms with van der Waals surface area (Å²) in [4.78, 5) is 0. The molecule has 0 saturated carbocycles. The summed E-state index contributed by atoms with van der Waals surface area (Å²) < 4.78 is 0. The number of aliphatic hydroxyl groups is 1. The van der Waals surface area contributed by atoms with Crippen molar-refractivity contribution < 1.29 is 31.3 Å². The first-order chi connectivity index (χ1) is 7.83. The zero-order valence-corrected chi connectivity index (χ0v) is 15.4. The van der Waals surface area contributed by atoms with Gasteiger partial charge in [0.1, 0.15) is 0 Å². The SMILES string of the molecule is CCC(CCO)(C1=CC=CC1)C1=CC=CC1.Cl.Cl.[Zr]. The predicted octanol–water partition coefficient (Wildman–Crippen LogP) is 4.38. The molecule has 0 amide bonds. The van der Waals surface area contributed by atoms with Crippen LogP contribution in [0.25, 0.3) is 0 Å². The fraction of sp³-hybridized carbons (Fsp3) is 0.467. The summed E-state index contributed by atoms with van der Waals surface area (Å²) in [5, 5.41) is 9.36. The van der Waals surface area contributed by atoms with E-state index in [0.29, 0.717) is 0 Å². The van der Waals surface area contributed by atoms with E-state index >= 15 is 0 Å². The minimum Gasteiger partial charge on any atom is -0.396 e. The molecule has 0 heterocycles. The molecule has 4 heteroatoms. The Bertz CT molecular complexity index is 354. The molecule has 0 aromatic rings. The Labute approximate surface area is 147 Å². The Kier molecular flexibility index (Phi) is 11.6. The molecule has 1 N–H and O–H groups in total. The average Bonchev–Trinajstić information content (AvgIpc) is 2.98. The molecule has 0 aromatic carbocycles. The summed E-state index contributed by atoms with van der Waals surface area (Å²) in [6, 6.07) is 0. The van der Waals surface area contributed by atoms with Crippen molar-refractivity contribution in [1.29, 1.82) is 0 Å². The van der Waals surface area contributed by atoms with E-state index < -0.39 is 0 Å². The van der Waals surface area contributed by atoms with Crippen molar-refractivity contribution in [2.45, 2.75) is 32.6 Å². The Morgan fingerprint density at radius 2 is 1.53 bits per heavy atom. The van der Waals surface area contributed by atoms with Crippen molar-refractivity contribution >= 4 is 24.8 Å². The van der Waals surface area contributed by atoms with E-state index in [9.17, 15) is 5.11 Å². The standard InChI is InChI=1S/C15H20O.2ClH.Zr/c1-2-15(11-12-16,13-7-3-4-8-13)14-9-5-6-10-14;;;/h3-7,9,16H,2,8,10-12H2,1H3;2*1H;. The van der Waals surface area contributed by atoms with Crippen molar-refractivity contribution in [2.24, 2.45) is 5.41 Å². The van der Waals surface area contributed by atoms with Crippen LogP contribution < -0.4 is 0 Å². The first-order valence-corrected chi connectivity index (χ1v) is 6.16. The predicted molar refractivity (Wildman–Crippen MR) is 82.6 cm³/mol. The third-order valence-corrected chi connectivity index (χ3v) is 3.91. The molecule has 0 fully saturated rings. The van der Waals surface area contributed by atoms with Crippen molar-refractivity contribution in [3.8, 4) is 0 Å². The number of hydrogen-bond acceptors (Lipinski definition) is 1. The van der Waals surface area contributed by atoms with Crippen LogP contribution in [0.4, 0.5) is 0 Å². The maximum Gasteiger partial charge on any atom is 0.0442 e. The van der Waals surface area contributed by atoms with Gasteiger partial charge in [-0.3, -0.25) is 0 Å². The molecule has 2 aliphatic rings. The Morgan fingerprint density at radius 3 is 1.79 bits per heavy atom. The van der Waals surface area contributed by atoms with Crippen LogP contribution in [0.15, 0.2) is 47.6 Å². The van der Waals surface area contributed by atoms with E-state index in [0.717, 1.165) is 25.7 Å². The molecule has 106 valence electrons. The second-order valence-electron chi connectivity index (χ2n) is 4.56. The van der Waals surface area contributed by atoms with Gasteiger partial charge >= 0.3 is 0 Å². The van der Waals surface area contributed by atoms with E-state index in [2.05, 4.69) is 43.4 Å². The zero-order chi connectivity index (χ0) is 11.4. The molecule has 0 bridgehead atoms. The summed E-state index contributed by atoms with van der Waals surface area (Å²) in [5.41, 5.74) is 3.04. The topological polar surface area (TPSA) is 20.2 Å². The largest absolute Gasteiger partial charge is 0.396 e. The molecular formula is C15H22Cl2OZr. The molecule has 0 aromatic heterocycles. The van der Waals surface area contributed by atoms with Gasteiger partial charge in [-0.2, -0.15) is 0 Å². The van der Waals surface area contributed by atoms with Gasteiger partial charge in [0.2, 0.25) is 0 Å². The molecule has 0 aliphatic heterocycles. The molecule has 0 saturated heterocycles. The van der Waals surface area contributed by atoms with Crippen LogP contribution in [0.1, 0.15) is 32.6 Å². The molecule has 0 atom stereocenters. The molecule has 1 nitrogen and oxygen atoms in total. The van der Waals surface area contributed by atoms with Crippen LogP contribution in [0.2, 0.25) is 0 Å². The number of allylic oxidation sites excluding steroid dienone is 8. The minimum atomic E-state index is 0. The summed E-state index contributed by atoms with van der Waals surface area (Å²) >= 11 is 0. The molecular weight excluding hydrogens is 358 g/mol. The second-order valence-corrected chi connectivity index (χ2v) is 4.56. The molecule has 2 rings (SSSR count). The molecule has 2 aliphatic carbocycles. The van der Waals surface area contributed by atoms with Gasteiger partial charge in [0.05, 0.1) is 0 Å². The van der Waals surface area contributed by atoms with Gasteiger partial charge in [-0.15, -0.1) is 24.8 Å². The van der Waals surface area contributed by atoms with Gasteiger partial charge in [-0.05, 0) is 25.7 Å². The van der Waals surface area contributed by atoms with E-state index in [4.69, 9.17) is 0 Å². The summed E-state index contributed by atoms with van der Waals surface area (Å²) in [6.45, 7) is 2.50. The van der Waals surface area contributed by atoms with Gasteiger partial charge in [0.25, 0.3) is 0 Å². The van der Waals surface area contributed by atoms with Gasteiger partial charge in [-0.25, -0.2) is 0 Å². The molecule has 0 unspecified atom stereocenters. The summed E-state index contributed by atoms with van der Waals surface area (Å²) in [6.07, 6.45) is 17.2. The minimum absolute atomic E-state index is 0. The van der Waals surface area contributed by atoms with Crippen LogP contribution in [-0.2, 0) is 26.2 Å². The van der Waals surface area contributed by atoms with Crippen LogP contribution >= 0.6 is 24.8 Å². The van der Waals surface area contributed by atoms with Crippen molar-refractivity contribution in [3.63, 3.8) is 0 Å². The van der Waals surface area contributed by atoms with Crippen molar-refractivity contribution in [3.05, 3.63) is 47.6 Å². The maximum absolute atomic E-state index is 9.36. The van der Waals surface area contributed by atoms with Crippen LogP contribution in [-0.4, -0.2) is 11.7 Å². The van der Waals surface area contributed by atoms with E-state index in [1.807, 2.05) is 0 Å². The second kappa shape index (κ2) is 10.2. The Hall–Kier alpha value is 0.383. The Balaban J connectivity index is 0. The third-order valence-electron chi connectivity index (χ3n) is 3.91. The van der Waals surface area contributed by atoms with Crippen LogP contribution in [0, 0.1) is 5.41 Å². The number of rotatable bonds is 5.